The highest BCUT2D eigenvalue weighted by molar-refractivity contribution is 7.98. The Bertz CT molecular complexity index is 120. The van der Waals surface area contributed by atoms with Gasteiger partial charge in [0.1, 0.15) is 0 Å². The van der Waals surface area contributed by atoms with E-state index in [1.54, 1.807) is 0 Å². The fourth-order valence-corrected chi connectivity index (χ4v) is 1.83. The number of rotatable bonds is 11. The minimum Gasteiger partial charge on any atom is -0.377 e. The third kappa shape index (κ3) is 14.3. The predicted octanol–water partition coefficient (Wildman–Crippen LogP) is 2.92. The number of thioether (sulfide) groups is 1. The van der Waals surface area contributed by atoms with E-state index in [-0.39, 0.29) is 0 Å². The average Bonchev–Trinajstić information content (AvgIpc) is 2.20. The predicted molar refractivity (Wildman–Crippen MR) is 70.8 cm³/mol. The van der Waals surface area contributed by atoms with E-state index < -0.39 is 0 Å². The van der Waals surface area contributed by atoms with Gasteiger partial charge in [-0.2, -0.15) is 11.8 Å². The van der Waals surface area contributed by atoms with Crippen LogP contribution in [0.25, 0.3) is 0 Å². The van der Waals surface area contributed by atoms with Crippen molar-refractivity contribution in [3.63, 3.8) is 0 Å². The van der Waals surface area contributed by atoms with E-state index in [0.29, 0.717) is 6.10 Å². The minimum atomic E-state index is 0.360. The maximum atomic E-state index is 5.44. The number of hydrogen-bond acceptors (Lipinski definition) is 3. The molecule has 0 aliphatic rings. The molecule has 15 heavy (non-hydrogen) atoms. The second-order valence-electron chi connectivity index (χ2n) is 4.08. The lowest BCUT2D eigenvalue weighted by Crippen LogP contribution is -2.22. The third-order valence-corrected chi connectivity index (χ3v) is 2.88. The SMILES string of the molecule is CSCCCCCCNCCOC(C)C. The lowest BCUT2D eigenvalue weighted by atomic mass is 10.2. The number of unbranched alkanes of at least 4 members (excludes halogenated alkanes) is 3. The van der Waals surface area contributed by atoms with E-state index in [1.165, 1.54) is 31.4 Å². The zero-order valence-corrected chi connectivity index (χ0v) is 11.4. The average molecular weight is 233 g/mol. The van der Waals surface area contributed by atoms with Gasteiger partial charge in [-0.25, -0.2) is 0 Å². The molecular weight excluding hydrogens is 206 g/mol. The molecule has 0 aliphatic carbocycles. The Balaban J connectivity index is 2.87. The summed E-state index contributed by atoms with van der Waals surface area (Å²) in [6.45, 7) is 7.12. The molecule has 0 unspecified atom stereocenters. The van der Waals surface area contributed by atoms with Gasteiger partial charge in [-0.3, -0.25) is 0 Å². The molecule has 0 bridgehead atoms. The molecule has 0 fully saturated rings. The minimum absolute atomic E-state index is 0.360. The van der Waals surface area contributed by atoms with Crippen molar-refractivity contribution >= 4 is 11.8 Å². The highest BCUT2D eigenvalue weighted by atomic mass is 32.2. The van der Waals surface area contributed by atoms with Gasteiger partial charge in [0.2, 0.25) is 0 Å². The fraction of sp³-hybridized carbons (Fsp3) is 1.00. The Kier molecular flexibility index (Phi) is 12.6. The van der Waals surface area contributed by atoms with E-state index >= 15 is 0 Å². The first kappa shape index (κ1) is 15.3. The molecule has 0 rings (SSSR count). The van der Waals surface area contributed by atoms with Gasteiger partial charge in [0.05, 0.1) is 12.7 Å². The van der Waals surface area contributed by atoms with E-state index in [0.717, 1.165) is 19.7 Å². The molecule has 3 heteroatoms. The van der Waals surface area contributed by atoms with Gasteiger partial charge in [0.15, 0.2) is 0 Å². The maximum Gasteiger partial charge on any atom is 0.0594 e. The van der Waals surface area contributed by atoms with Crippen molar-refractivity contribution in [3.05, 3.63) is 0 Å². The smallest absolute Gasteiger partial charge is 0.0594 e. The summed E-state index contributed by atoms with van der Waals surface area (Å²) in [6, 6.07) is 0. The summed E-state index contributed by atoms with van der Waals surface area (Å²) in [7, 11) is 0. The Labute approximate surface area is 99.5 Å². The molecule has 0 aliphatic heterocycles. The van der Waals surface area contributed by atoms with Crippen molar-refractivity contribution in [2.24, 2.45) is 0 Å². The Hall–Kier alpha value is 0.270. The summed E-state index contributed by atoms with van der Waals surface area (Å²) in [6.07, 6.45) is 7.95. The van der Waals surface area contributed by atoms with Crippen LogP contribution in [-0.4, -0.2) is 37.8 Å². The monoisotopic (exact) mass is 233 g/mol. The quantitative estimate of drug-likeness (QED) is 0.554. The molecule has 0 atom stereocenters. The van der Waals surface area contributed by atoms with Gasteiger partial charge in [-0.05, 0) is 45.2 Å². The van der Waals surface area contributed by atoms with Crippen LogP contribution in [0.4, 0.5) is 0 Å². The fourth-order valence-electron chi connectivity index (χ4n) is 1.34. The van der Waals surface area contributed by atoms with Crippen LogP contribution < -0.4 is 5.32 Å². The van der Waals surface area contributed by atoms with Crippen LogP contribution in [0.5, 0.6) is 0 Å². The first-order valence-corrected chi connectivity index (χ1v) is 7.48. The molecule has 0 saturated heterocycles. The van der Waals surface area contributed by atoms with Crippen molar-refractivity contribution in [1.29, 1.82) is 0 Å². The van der Waals surface area contributed by atoms with Crippen molar-refractivity contribution in [2.45, 2.75) is 45.6 Å². The van der Waals surface area contributed by atoms with Gasteiger partial charge in [-0.1, -0.05) is 12.8 Å². The zero-order valence-electron chi connectivity index (χ0n) is 10.6. The van der Waals surface area contributed by atoms with Gasteiger partial charge in [-0.15, -0.1) is 0 Å². The molecule has 0 spiro atoms. The highest BCUT2D eigenvalue weighted by Gasteiger charge is 1.93. The highest BCUT2D eigenvalue weighted by Crippen LogP contribution is 2.03. The van der Waals surface area contributed by atoms with Gasteiger partial charge in [0, 0.05) is 6.54 Å². The topological polar surface area (TPSA) is 21.3 Å². The lowest BCUT2D eigenvalue weighted by molar-refractivity contribution is 0.0809. The summed E-state index contributed by atoms with van der Waals surface area (Å²) in [4.78, 5) is 0. The van der Waals surface area contributed by atoms with Crippen LogP contribution >= 0.6 is 11.8 Å². The Morgan fingerprint density at radius 2 is 1.80 bits per heavy atom. The molecule has 0 amide bonds. The molecular formula is C12H27NOS. The second-order valence-corrected chi connectivity index (χ2v) is 5.06. The van der Waals surface area contributed by atoms with Crippen LogP contribution in [0.2, 0.25) is 0 Å². The Morgan fingerprint density at radius 1 is 1.07 bits per heavy atom. The maximum absolute atomic E-state index is 5.44. The molecule has 0 radical (unpaired) electrons. The van der Waals surface area contributed by atoms with Crippen molar-refractivity contribution < 1.29 is 4.74 Å². The second kappa shape index (κ2) is 12.3. The number of ether oxygens (including phenoxy) is 1. The van der Waals surface area contributed by atoms with Crippen LogP contribution in [0, 0.1) is 0 Å². The van der Waals surface area contributed by atoms with E-state index in [2.05, 4.69) is 25.4 Å². The molecule has 92 valence electrons. The van der Waals surface area contributed by atoms with E-state index in [1.807, 2.05) is 11.8 Å². The van der Waals surface area contributed by atoms with Crippen LogP contribution in [0.1, 0.15) is 39.5 Å². The zero-order chi connectivity index (χ0) is 11.4. The molecule has 0 aromatic heterocycles. The summed E-state index contributed by atoms with van der Waals surface area (Å²) in [5, 5.41) is 3.40. The first-order valence-electron chi connectivity index (χ1n) is 6.08. The molecule has 2 nitrogen and oxygen atoms in total. The van der Waals surface area contributed by atoms with Crippen molar-refractivity contribution in [3.8, 4) is 0 Å². The van der Waals surface area contributed by atoms with Crippen molar-refractivity contribution in [1.82, 2.24) is 5.32 Å². The Morgan fingerprint density at radius 3 is 2.47 bits per heavy atom. The summed E-state index contributed by atoms with van der Waals surface area (Å²) in [5.41, 5.74) is 0. The number of hydrogen-bond donors (Lipinski definition) is 1. The summed E-state index contributed by atoms with van der Waals surface area (Å²) in [5.74, 6) is 1.32. The molecule has 0 aromatic rings. The van der Waals surface area contributed by atoms with E-state index in [4.69, 9.17) is 4.74 Å². The summed E-state index contributed by atoms with van der Waals surface area (Å²) >= 11 is 1.95. The molecule has 1 N–H and O–H groups in total. The first-order chi connectivity index (χ1) is 7.27. The van der Waals surface area contributed by atoms with Gasteiger partial charge >= 0.3 is 0 Å². The van der Waals surface area contributed by atoms with Crippen LogP contribution in [0.3, 0.4) is 0 Å². The van der Waals surface area contributed by atoms with Crippen LogP contribution in [0.15, 0.2) is 0 Å². The van der Waals surface area contributed by atoms with E-state index in [9.17, 15) is 0 Å². The third-order valence-electron chi connectivity index (χ3n) is 2.18. The van der Waals surface area contributed by atoms with Gasteiger partial charge < -0.3 is 10.1 Å². The largest absolute Gasteiger partial charge is 0.377 e. The molecule has 0 aromatic carbocycles. The lowest BCUT2D eigenvalue weighted by Gasteiger charge is -2.08. The van der Waals surface area contributed by atoms with Crippen LogP contribution in [-0.2, 0) is 4.74 Å². The molecule has 0 saturated carbocycles. The normalized spacial score (nSPS) is 11.2. The standard InChI is InChI=1S/C12H27NOS/c1-12(2)14-10-9-13-8-6-4-5-7-11-15-3/h12-13H,4-11H2,1-3H3. The van der Waals surface area contributed by atoms with Gasteiger partial charge in [0.25, 0.3) is 0 Å². The summed E-state index contributed by atoms with van der Waals surface area (Å²) < 4.78 is 5.44. The van der Waals surface area contributed by atoms with Crippen molar-refractivity contribution in [2.75, 3.05) is 31.7 Å². The number of nitrogens with one attached hydrogen (secondary N) is 1. The molecule has 0 heterocycles.